The minimum Gasteiger partial charge on any atom is -0.481 e. The van der Waals surface area contributed by atoms with Gasteiger partial charge in [0.15, 0.2) is 5.82 Å². The summed E-state index contributed by atoms with van der Waals surface area (Å²) in [5.41, 5.74) is 5.45. The molecule has 2 rings (SSSR count). The van der Waals surface area contributed by atoms with Crippen molar-refractivity contribution in [1.29, 1.82) is 0 Å². The van der Waals surface area contributed by atoms with Gasteiger partial charge < -0.3 is 20.3 Å². The van der Waals surface area contributed by atoms with E-state index in [1.54, 1.807) is 0 Å². The zero-order chi connectivity index (χ0) is 15.8. The van der Waals surface area contributed by atoms with Crippen LogP contribution < -0.4 is 5.73 Å². The number of carbonyl (C=O) groups excluding carboxylic acids is 1. The van der Waals surface area contributed by atoms with Gasteiger partial charge in [0.25, 0.3) is 0 Å². The van der Waals surface area contributed by atoms with E-state index in [4.69, 9.17) is 10.8 Å². The first kappa shape index (κ1) is 15.2. The second kappa shape index (κ2) is 5.31. The Bertz CT molecular complexity index is 571. The van der Waals surface area contributed by atoms with E-state index in [1.807, 2.05) is 0 Å². The van der Waals surface area contributed by atoms with Crippen molar-refractivity contribution >= 4 is 11.9 Å². The summed E-state index contributed by atoms with van der Waals surface area (Å²) in [7, 11) is 0. The molecule has 0 saturated heterocycles. The SMILES string of the molecule is NC(CC(=O)O)C(=O)N1CCn2c(nnc2C(F)(F)F)C1. The van der Waals surface area contributed by atoms with Gasteiger partial charge in [0, 0.05) is 13.1 Å². The smallest absolute Gasteiger partial charge is 0.451 e. The fourth-order valence-corrected chi connectivity index (χ4v) is 2.07. The average Bonchev–Trinajstić information content (AvgIpc) is 2.79. The number of aliphatic carboxylic acids is 1. The van der Waals surface area contributed by atoms with E-state index < -0.39 is 36.3 Å². The molecule has 11 heteroatoms. The van der Waals surface area contributed by atoms with Gasteiger partial charge in [-0.1, -0.05) is 0 Å². The predicted molar refractivity (Wildman–Crippen MR) is 60.7 cm³/mol. The second-order valence-corrected chi connectivity index (χ2v) is 4.55. The molecular weight excluding hydrogens is 295 g/mol. The number of alkyl halides is 3. The number of carboxylic acid groups (broad SMARTS) is 1. The summed E-state index contributed by atoms with van der Waals surface area (Å²) in [6, 6.07) is -1.24. The highest BCUT2D eigenvalue weighted by Gasteiger charge is 2.40. The highest BCUT2D eigenvalue weighted by molar-refractivity contribution is 5.86. The first-order valence-electron chi connectivity index (χ1n) is 5.95. The van der Waals surface area contributed by atoms with Crippen molar-refractivity contribution in [3.63, 3.8) is 0 Å². The van der Waals surface area contributed by atoms with Gasteiger partial charge in [0.1, 0.15) is 0 Å². The molecule has 8 nitrogen and oxygen atoms in total. The Morgan fingerprint density at radius 3 is 2.57 bits per heavy atom. The highest BCUT2D eigenvalue weighted by Crippen LogP contribution is 2.29. The molecule has 1 aliphatic heterocycles. The van der Waals surface area contributed by atoms with Gasteiger partial charge in [-0.05, 0) is 0 Å². The van der Waals surface area contributed by atoms with Crippen LogP contribution >= 0.6 is 0 Å². The van der Waals surface area contributed by atoms with Crippen LogP contribution in [0.1, 0.15) is 18.1 Å². The maximum atomic E-state index is 12.6. The summed E-state index contributed by atoms with van der Waals surface area (Å²) in [4.78, 5) is 23.6. The first-order chi connectivity index (χ1) is 9.70. The molecule has 0 bridgehead atoms. The zero-order valence-electron chi connectivity index (χ0n) is 10.7. The van der Waals surface area contributed by atoms with E-state index in [1.165, 1.54) is 4.90 Å². The number of carboxylic acids is 1. The molecule has 116 valence electrons. The van der Waals surface area contributed by atoms with Crippen molar-refractivity contribution in [2.75, 3.05) is 6.54 Å². The molecule has 2 heterocycles. The van der Waals surface area contributed by atoms with Crippen molar-refractivity contribution in [1.82, 2.24) is 19.7 Å². The van der Waals surface area contributed by atoms with Gasteiger partial charge >= 0.3 is 12.1 Å². The molecule has 0 aliphatic carbocycles. The molecule has 1 aromatic heterocycles. The van der Waals surface area contributed by atoms with Crippen molar-refractivity contribution in [3.8, 4) is 0 Å². The number of nitrogens with zero attached hydrogens (tertiary/aromatic N) is 4. The lowest BCUT2D eigenvalue weighted by atomic mass is 10.2. The molecule has 0 saturated carbocycles. The predicted octanol–water partition coefficient (Wildman–Crippen LogP) is -0.559. The van der Waals surface area contributed by atoms with E-state index in [0.717, 1.165) is 4.57 Å². The number of hydrogen-bond donors (Lipinski definition) is 2. The van der Waals surface area contributed by atoms with Crippen molar-refractivity contribution in [2.24, 2.45) is 5.73 Å². The molecule has 1 unspecified atom stereocenters. The summed E-state index contributed by atoms with van der Waals surface area (Å²) in [6.07, 6.45) is -5.16. The number of hydrogen-bond acceptors (Lipinski definition) is 5. The Morgan fingerprint density at radius 1 is 1.33 bits per heavy atom. The summed E-state index contributed by atoms with van der Waals surface area (Å²) < 4.78 is 38.8. The van der Waals surface area contributed by atoms with Gasteiger partial charge in [-0.3, -0.25) is 9.59 Å². The fraction of sp³-hybridized carbons (Fsp3) is 0.600. The number of amides is 1. The molecule has 0 fully saturated rings. The van der Waals surface area contributed by atoms with Crippen LogP contribution in [0.5, 0.6) is 0 Å². The fourth-order valence-electron chi connectivity index (χ4n) is 2.07. The molecule has 0 aromatic carbocycles. The molecule has 1 atom stereocenters. The van der Waals surface area contributed by atoms with Crippen molar-refractivity contribution in [2.45, 2.75) is 31.7 Å². The maximum Gasteiger partial charge on any atom is 0.451 e. The van der Waals surface area contributed by atoms with E-state index >= 15 is 0 Å². The van der Waals surface area contributed by atoms with Crippen LogP contribution in [0.25, 0.3) is 0 Å². The molecule has 1 aliphatic rings. The molecule has 0 spiro atoms. The summed E-state index contributed by atoms with van der Waals surface area (Å²) in [5.74, 6) is -2.99. The monoisotopic (exact) mass is 307 g/mol. The summed E-state index contributed by atoms with van der Waals surface area (Å²) in [6.45, 7) is -0.321. The van der Waals surface area contributed by atoms with E-state index in [9.17, 15) is 22.8 Å². The third-order valence-corrected chi connectivity index (χ3v) is 3.03. The number of rotatable bonds is 3. The maximum absolute atomic E-state index is 12.6. The zero-order valence-corrected chi connectivity index (χ0v) is 10.7. The lowest BCUT2D eigenvalue weighted by Gasteiger charge is -2.29. The number of carbonyl (C=O) groups is 2. The normalized spacial score (nSPS) is 16.5. The Balaban J connectivity index is 2.12. The number of halogens is 3. The quantitative estimate of drug-likeness (QED) is 0.773. The molecule has 1 amide bonds. The summed E-state index contributed by atoms with van der Waals surface area (Å²) in [5, 5.41) is 15.1. The topological polar surface area (TPSA) is 114 Å². The number of fused-ring (bicyclic) bond motifs is 1. The lowest BCUT2D eigenvalue weighted by molar-refractivity contribution is -0.148. The van der Waals surface area contributed by atoms with Crippen LogP contribution in [0.4, 0.5) is 13.2 Å². The van der Waals surface area contributed by atoms with Crippen LogP contribution in [-0.2, 0) is 28.9 Å². The van der Waals surface area contributed by atoms with Gasteiger partial charge in [0.2, 0.25) is 11.7 Å². The third-order valence-electron chi connectivity index (χ3n) is 3.03. The largest absolute Gasteiger partial charge is 0.481 e. The highest BCUT2D eigenvalue weighted by atomic mass is 19.4. The number of nitrogens with two attached hydrogens (primary N) is 1. The van der Waals surface area contributed by atoms with Crippen LogP contribution in [0.15, 0.2) is 0 Å². The Morgan fingerprint density at radius 2 is 2.00 bits per heavy atom. The van der Waals surface area contributed by atoms with Gasteiger partial charge in [-0.15, -0.1) is 10.2 Å². The Labute approximate surface area is 116 Å². The van der Waals surface area contributed by atoms with Crippen LogP contribution in [-0.4, -0.2) is 49.2 Å². The number of aromatic nitrogens is 3. The van der Waals surface area contributed by atoms with Crippen LogP contribution in [0, 0.1) is 0 Å². The first-order valence-corrected chi connectivity index (χ1v) is 5.95. The average molecular weight is 307 g/mol. The molecule has 21 heavy (non-hydrogen) atoms. The minimum atomic E-state index is -4.61. The summed E-state index contributed by atoms with van der Waals surface area (Å²) >= 11 is 0. The van der Waals surface area contributed by atoms with E-state index in [2.05, 4.69) is 10.2 Å². The second-order valence-electron chi connectivity index (χ2n) is 4.55. The van der Waals surface area contributed by atoms with Gasteiger partial charge in [-0.2, -0.15) is 13.2 Å². The minimum absolute atomic E-state index is 0.00977. The van der Waals surface area contributed by atoms with Crippen molar-refractivity contribution in [3.05, 3.63) is 11.6 Å². The molecule has 1 aromatic rings. The Hall–Kier alpha value is -2.17. The Kier molecular flexibility index (Phi) is 3.85. The molecule has 3 N–H and O–H groups in total. The van der Waals surface area contributed by atoms with Gasteiger partial charge in [-0.25, -0.2) is 0 Å². The third kappa shape index (κ3) is 3.12. The van der Waals surface area contributed by atoms with E-state index in [-0.39, 0.29) is 25.5 Å². The van der Waals surface area contributed by atoms with Gasteiger partial charge in [0.05, 0.1) is 19.0 Å². The van der Waals surface area contributed by atoms with Crippen molar-refractivity contribution < 1.29 is 27.9 Å². The van der Waals surface area contributed by atoms with E-state index in [0.29, 0.717) is 0 Å². The molecular formula is C10H12F3N5O3. The standard InChI is InChI=1S/C10H12F3N5O3/c11-10(12,13)9-16-15-6-4-17(1-2-18(6)9)8(21)5(14)3-7(19)20/h5H,1-4,14H2,(H,19,20). The molecule has 0 radical (unpaired) electrons. The van der Waals surface area contributed by atoms with Crippen LogP contribution in [0.2, 0.25) is 0 Å². The lowest BCUT2D eigenvalue weighted by Crippen LogP contribution is -2.48. The van der Waals surface area contributed by atoms with Crippen LogP contribution in [0.3, 0.4) is 0 Å².